The summed E-state index contributed by atoms with van der Waals surface area (Å²) < 4.78 is 0. The smallest absolute Gasteiger partial charge is 0.0995 e. The van der Waals surface area contributed by atoms with Crippen LogP contribution in [0.5, 0.6) is 0 Å². The van der Waals surface area contributed by atoms with Crippen LogP contribution in [0, 0.1) is 11.3 Å². The molecule has 0 amide bonds. The van der Waals surface area contributed by atoms with Crippen molar-refractivity contribution in [2.45, 2.75) is 39.0 Å². The molecule has 1 aromatic carbocycles. The second-order valence-corrected chi connectivity index (χ2v) is 5.91. The van der Waals surface area contributed by atoms with Crippen LogP contribution in [0.4, 0.5) is 0 Å². The number of piperazine rings is 1. The lowest BCUT2D eigenvalue weighted by atomic mass is 10.1. The fourth-order valence-corrected chi connectivity index (χ4v) is 3.08. The standard InChI is InChI=1S/C17H25N3O/c1-3-17-13-19(8-9-20(17)11-14(2)21)12-16-7-5-4-6-15(16)10-18/h4-7,14,17,21H,3,8-9,11-13H2,1-2H3. The van der Waals surface area contributed by atoms with E-state index >= 15 is 0 Å². The Hall–Kier alpha value is -1.41. The number of nitriles is 1. The summed E-state index contributed by atoms with van der Waals surface area (Å²) in [6.07, 6.45) is 0.813. The minimum absolute atomic E-state index is 0.273. The van der Waals surface area contributed by atoms with Crippen LogP contribution in [-0.4, -0.2) is 53.2 Å². The molecule has 114 valence electrons. The molecule has 0 aromatic heterocycles. The molecule has 1 saturated heterocycles. The summed E-state index contributed by atoms with van der Waals surface area (Å²) in [5.74, 6) is 0. The normalized spacial score (nSPS) is 21.9. The molecule has 2 rings (SSSR count). The molecular weight excluding hydrogens is 262 g/mol. The third kappa shape index (κ3) is 4.28. The molecule has 0 bridgehead atoms. The van der Waals surface area contributed by atoms with Gasteiger partial charge in [0.15, 0.2) is 0 Å². The average Bonchev–Trinajstić information content (AvgIpc) is 2.49. The van der Waals surface area contributed by atoms with Crippen LogP contribution in [0.15, 0.2) is 24.3 Å². The Labute approximate surface area is 127 Å². The van der Waals surface area contributed by atoms with Crippen molar-refractivity contribution in [3.63, 3.8) is 0 Å². The van der Waals surface area contributed by atoms with Crippen molar-refractivity contribution < 1.29 is 5.11 Å². The lowest BCUT2D eigenvalue weighted by molar-refractivity contribution is 0.0337. The molecule has 0 spiro atoms. The summed E-state index contributed by atoms with van der Waals surface area (Å²) in [5, 5.41) is 18.8. The van der Waals surface area contributed by atoms with Gasteiger partial charge in [-0.1, -0.05) is 25.1 Å². The Balaban J connectivity index is 1.99. The van der Waals surface area contributed by atoms with E-state index in [2.05, 4.69) is 22.8 Å². The van der Waals surface area contributed by atoms with Crippen LogP contribution in [0.1, 0.15) is 31.4 Å². The highest BCUT2D eigenvalue weighted by Crippen LogP contribution is 2.17. The fourth-order valence-electron chi connectivity index (χ4n) is 3.08. The third-order valence-electron chi connectivity index (χ3n) is 4.19. The minimum Gasteiger partial charge on any atom is -0.392 e. The van der Waals surface area contributed by atoms with Crippen LogP contribution in [0.25, 0.3) is 0 Å². The second kappa shape index (κ2) is 7.56. The van der Waals surface area contributed by atoms with E-state index in [9.17, 15) is 10.4 Å². The summed E-state index contributed by atoms with van der Waals surface area (Å²) in [4.78, 5) is 4.81. The zero-order chi connectivity index (χ0) is 15.2. The van der Waals surface area contributed by atoms with E-state index in [1.54, 1.807) is 0 Å². The molecule has 1 aliphatic heterocycles. The molecule has 1 aliphatic rings. The fraction of sp³-hybridized carbons (Fsp3) is 0.588. The first-order valence-electron chi connectivity index (χ1n) is 7.76. The van der Waals surface area contributed by atoms with Gasteiger partial charge in [-0.25, -0.2) is 0 Å². The Morgan fingerprint density at radius 1 is 1.38 bits per heavy atom. The molecule has 2 atom stereocenters. The Morgan fingerprint density at radius 3 is 2.81 bits per heavy atom. The molecule has 1 fully saturated rings. The van der Waals surface area contributed by atoms with Crippen molar-refractivity contribution in [3.8, 4) is 6.07 Å². The van der Waals surface area contributed by atoms with Crippen LogP contribution in [-0.2, 0) is 6.54 Å². The monoisotopic (exact) mass is 287 g/mol. The summed E-state index contributed by atoms with van der Waals surface area (Å²) in [6, 6.07) is 10.6. The number of nitrogens with zero attached hydrogens (tertiary/aromatic N) is 3. The first kappa shape index (κ1) is 16.0. The number of aliphatic hydroxyl groups is 1. The molecular formula is C17H25N3O. The van der Waals surface area contributed by atoms with E-state index in [0.717, 1.165) is 50.3 Å². The molecule has 1 heterocycles. The van der Waals surface area contributed by atoms with Gasteiger partial charge in [-0.3, -0.25) is 9.80 Å². The molecule has 2 unspecified atom stereocenters. The first-order chi connectivity index (χ1) is 10.1. The zero-order valence-electron chi connectivity index (χ0n) is 13.0. The highest BCUT2D eigenvalue weighted by Gasteiger charge is 2.26. The number of benzene rings is 1. The van der Waals surface area contributed by atoms with Crippen molar-refractivity contribution in [2.75, 3.05) is 26.2 Å². The molecule has 0 saturated carbocycles. The van der Waals surface area contributed by atoms with E-state index in [-0.39, 0.29) is 6.10 Å². The Bertz CT molecular complexity index is 495. The lowest BCUT2D eigenvalue weighted by Crippen LogP contribution is -2.54. The van der Waals surface area contributed by atoms with Crippen LogP contribution in [0.2, 0.25) is 0 Å². The van der Waals surface area contributed by atoms with E-state index in [0.29, 0.717) is 6.04 Å². The number of β-amino-alcohol motifs (C(OH)–C–C–N with tert-alkyl or cyclic N) is 1. The Morgan fingerprint density at radius 2 is 2.14 bits per heavy atom. The topological polar surface area (TPSA) is 50.5 Å². The number of aliphatic hydroxyl groups excluding tert-OH is 1. The van der Waals surface area contributed by atoms with E-state index in [1.165, 1.54) is 0 Å². The SMILES string of the molecule is CCC1CN(Cc2ccccc2C#N)CCN1CC(C)O. The molecule has 21 heavy (non-hydrogen) atoms. The molecule has 0 radical (unpaired) electrons. The predicted molar refractivity (Wildman–Crippen MR) is 83.8 cm³/mol. The van der Waals surface area contributed by atoms with Crippen molar-refractivity contribution in [1.29, 1.82) is 5.26 Å². The van der Waals surface area contributed by atoms with Gasteiger partial charge in [-0.2, -0.15) is 5.26 Å². The van der Waals surface area contributed by atoms with Crippen LogP contribution >= 0.6 is 0 Å². The zero-order valence-corrected chi connectivity index (χ0v) is 13.0. The largest absolute Gasteiger partial charge is 0.392 e. The van der Waals surface area contributed by atoms with Gasteiger partial charge in [-0.05, 0) is 25.0 Å². The maximum absolute atomic E-state index is 9.60. The maximum Gasteiger partial charge on any atom is 0.0995 e. The molecule has 0 aliphatic carbocycles. The van der Waals surface area contributed by atoms with E-state index < -0.39 is 0 Å². The number of hydrogen-bond acceptors (Lipinski definition) is 4. The molecule has 4 nitrogen and oxygen atoms in total. The van der Waals surface area contributed by atoms with Gasteiger partial charge in [0.25, 0.3) is 0 Å². The van der Waals surface area contributed by atoms with E-state index in [4.69, 9.17) is 0 Å². The van der Waals surface area contributed by atoms with Gasteiger partial charge in [0.2, 0.25) is 0 Å². The first-order valence-corrected chi connectivity index (χ1v) is 7.76. The van der Waals surface area contributed by atoms with Gasteiger partial charge >= 0.3 is 0 Å². The van der Waals surface area contributed by atoms with Crippen molar-refractivity contribution in [3.05, 3.63) is 35.4 Å². The van der Waals surface area contributed by atoms with Crippen LogP contribution < -0.4 is 0 Å². The third-order valence-corrected chi connectivity index (χ3v) is 4.19. The molecule has 1 N–H and O–H groups in total. The molecule has 1 aromatic rings. The molecule has 4 heteroatoms. The Kier molecular flexibility index (Phi) is 5.75. The van der Waals surface area contributed by atoms with Crippen molar-refractivity contribution in [1.82, 2.24) is 9.80 Å². The van der Waals surface area contributed by atoms with Gasteiger partial charge in [-0.15, -0.1) is 0 Å². The van der Waals surface area contributed by atoms with Gasteiger partial charge in [0.05, 0.1) is 17.7 Å². The maximum atomic E-state index is 9.60. The van der Waals surface area contributed by atoms with Crippen molar-refractivity contribution in [2.24, 2.45) is 0 Å². The summed E-state index contributed by atoms with van der Waals surface area (Å²) in [7, 11) is 0. The lowest BCUT2D eigenvalue weighted by Gasteiger charge is -2.41. The van der Waals surface area contributed by atoms with E-state index in [1.807, 2.05) is 31.2 Å². The summed E-state index contributed by atoms with van der Waals surface area (Å²) in [5.41, 5.74) is 1.88. The highest BCUT2D eigenvalue weighted by molar-refractivity contribution is 5.37. The van der Waals surface area contributed by atoms with Gasteiger partial charge in [0.1, 0.15) is 0 Å². The van der Waals surface area contributed by atoms with Crippen molar-refractivity contribution >= 4 is 0 Å². The minimum atomic E-state index is -0.273. The second-order valence-electron chi connectivity index (χ2n) is 5.91. The number of hydrogen-bond donors (Lipinski definition) is 1. The van der Waals surface area contributed by atoms with Crippen LogP contribution in [0.3, 0.4) is 0 Å². The summed E-state index contributed by atoms with van der Waals surface area (Å²) in [6.45, 7) is 8.61. The quantitative estimate of drug-likeness (QED) is 0.898. The number of rotatable bonds is 5. The predicted octanol–water partition coefficient (Wildman–Crippen LogP) is 1.84. The average molecular weight is 287 g/mol. The summed E-state index contributed by atoms with van der Waals surface area (Å²) >= 11 is 0. The highest BCUT2D eigenvalue weighted by atomic mass is 16.3. The van der Waals surface area contributed by atoms with Gasteiger partial charge < -0.3 is 5.11 Å². The van der Waals surface area contributed by atoms with Gasteiger partial charge in [0, 0.05) is 38.8 Å².